The highest BCUT2D eigenvalue weighted by molar-refractivity contribution is 5.60. The van der Waals surface area contributed by atoms with Crippen molar-refractivity contribution in [1.29, 1.82) is 0 Å². The van der Waals surface area contributed by atoms with Crippen LogP contribution in [0.2, 0.25) is 0 Å². The average molecular weight is 289 g/mol. The zero-order chi connectivity index (χ0) is 15.4. The monoisotopic (exact) mass is 289 g/mol. The molecule has 1 aromatic carbocycles. The summed E-state index contributed by atoms with van der Waals surface area (Å²) < 4.78 is 0. The van der Waals surface area contributed by atoms with Crippen LogP contribution in [0, 0.1) is 17.0 Å². The van der Waals surface area contributed by atoms with E-state index in [1.165, 1.54) is 6.92 Å². The SMILES string of the molecule is Cc1nc(N)nc(NCC(O)c2ccccc2)c1[N+](=O)[O-]. The van der Waals surface area contributed by atoms with Crippen LogP contribution in [0.4, 0.5) is 17.5 Å². The number of nitrogens with zero attached hydrogens (tertiary/aromatic N) is 3. The zero-order valence-corrected chi connectivity index (χ0v) is 11.4. The summed E-state index contributed by atoms with van der Waals surface area (Å²) in [5, 5.41) is 23.8. The van der Waals surface area contributed by atoms with Crippen LogP contribution in [-0.4, -0.2) is 26.5 Å². The molecule has 0 aliphatic heterocycles. The number of nitrogen functional groups attached to an aromatic ring is 1. The largest absolute Gasteiger partial charge is 0.387 e. The minimum absolute atomic E-state index is 0.0000175. The van der Waals surface area contributed by atoms with Crippen LogP contribution in [0.1, 0.15) is 17.4 Å². The predicted molar refractivity (Wildman–Crippen MR) is 77.7 cm³/mol. The number of anilines is 2. The highest BCUT2D eigenvalue weighted by atomic mass is 16.6. The Labute approximate surface area is 120 Å². The van der Waals surface area contributed by atoms with E-state index in [0.29, 0.717) is 5.56 Å². The molecule has 0 aliphatic carbocycles. The number of benzene rings is 1. The predicted octanol–water partition coefficient (Wildman–Crippen LogP) is 1.42. The molecule has 0 radical (unpaired) electrons. The molecule has 8 nitrogen and oxygen atoms in total. The van der Waals surface area contributed by atoms with Crippen LogP contribution in [0.5, 0.6) is 0 Å². The second kappa shape index (κ2) is 6.14. The molecule has 1 aromatic heterocycles. The van der Waals surface area contributed by atoms with Crippen LogP contribution in [0.25, 0.3) is 0 Å². The van der Waals surface area contributed by atoms with Gasteiger partial charge in [0.05, 0.1) is 11.0 Å². The Balaban J connectivity index is 2.18. The number of aromatic nitrogens is 2. The van der Waals surface area contributed by atoms with Crippen molar-refractivity contribution in [3.8, 4) is 0 Å². The normalized spacial score (nSPS) is 11.9. The van der Waals surface area contributed by atoms with Crippen molar-refractivity contribution in [3.63, 3.8) is 0 Å². The molecule has 2 aromatic rings. The van der Waals surface area contributed by atoms with Gasteiger partial charge in [-0.1, -0.05) is 30.3 Å². The molecule has 8 heteroatoms. The minimum atomic E-state index is -0.817. The second-order valence-electron chi connectivity index (χ2n) is 4.43. The van der Waals surface area contributed by atoms with Gasteiger partial charge in [0.25, 0.3) is 0 Å². The number of hydrogen-bond donors (Lipinski definition) is 3. The highest BCUT2D eigenvalue weighted by Gasteiger charge is 2.22. The molecule has 110 valence electrons. The van der Waals surface area contributed by atoms with Crippen molar-refractivity contribution in [3.05, 3.63) is 51.7 Å². The summed E-state index contributed by atoms with van der Waals surface area (Å²) in [4.78, 5) is 18.1. The summed E-state index contributed by atoms with van der Waals surface area (Å²) >= 11 is 0. The van der Waals surface area contributed by atoms with Crippen molar-refractivity contribution < 1.29 is 10.0 Å². The Kier molecular flexibility index (Phi) is 4.29. The first-order valence-corrected chi connectivity index (χ1v) is 6.24. The van der Waals surface area contributed by atoms with Gasteiger partial charge in [-0.05, 0) is 12.5 Å². The molecule has 1 atom stereocenters. The molecule has 4 N–H and O–H groups in total. The number of aryl methyl sites for hydroxylation is 1. The van der Waals surface area contributed by atoms with Crippen LogP contribution in [0.15, 0.2) is 30.3 Å². The van der Waals surface area contributed by atoms with E-state index in [1.807, 2.05) is 6.07 Å². The smallest absolute Gasteiger partial charge is 0.332 e. The molecule has 1 unspecified atom stereocenters. The topological polar surface area (TPSA) is 127 Å². The van der Waals surface area contributed by atoms with Crippen LogP contribution in [-0.2, 0) is 0 Å². The lowest BCUT2D eigenvalue weighted by molar-refractivity contribution is -0.385. The van der Waals surface area contributed by atoms with Crippen molar-refractivity contribution >= 4 is 17.5 Å². The van der Waals surface area contributed by atoms with Gasteiger partial charge in [-0.25, -0.2) is 4.98 Å². The Morgan fingerprint density at radius 2 is 2.05 bits per heavy atom. The first kappa shape index (κ1) is 14.7. The summed E-state index contributed by atoms with van der Waals surface area (Å²) in [6.07, 6.45) is -0.817. The zero-order valence-electron chi connectivity index (χ0n) is 11.4. The molecule has 0 bridgehead atoms. The van der Waals surface area contributed by atoms with E-state index in [1.54, 1.807) is 24.3 Å². The van der Waals surface area contributed by atoms with Gasteiger partial charge in [-0.2, -0.15) is 4.98 Å². The molecule has 0 fully saturated rings. The lowest BCUT2D eigenvalue weighted by atomic mass is 10.1. The number of nitro groups is 1. The maximum atomic E-state index is 11.1. The lowest BCUT2D eigenvalue weighted by Gasteiger charge is -2.13. The van der Waals surface area contributed by atoms with E-state index < -0.39 is 11.0 Å². The molecule has 0 amide bonds. The first-order chi connectivity index (χ1) is 9.99. The number of rotatable bonds is 5. The van der Waals surface area contributed by atoms with E-state index in [9.17, 15) is 15.2 Å². The minimum Gasteiger partial charge on any atom is -0.387 e. The Hall–Kier alpha value is -2.74. The van der Waals surface area contributed by atoms with Crippen molar-refractivity contribution in [2.45, 2.75) is 13.0 Å². The maximum absolute atomic E-state index is 11.1. The Morgan fingerprint density at radius 1 is 1.38 bits per heavy atom. The Morgan fingerprint density at radius 3 is 2.67 bits per heavy atom. The summed E-state index contributed by atoms with van der Waals surface area (Å²) in [6.45, 7) is 1.55. The van der Waals surface area contributed by atoms with Crippen LogP contribution < -0.4 is 11.1 Å². The molecular weight excluding hydrogens is 274 g/mol. The van der Waals surface area contributed by atoms with Crippen molar-refractivity contribution in [2.75, 3.05) is 17.6 Å². The van der Waals surface area contributed by atoms with E-state index in [-0.39, 0.29) is 29.7 Å². The summed E-state index contributed by atoms with van der Waals surface area (Å²) in [6, 6.07) is 8.96. The third-order valence-corrected chi connectivity index (χ3v) is 2.91. The van der Waals surface area contributed by atoms with Gasteiger partial charge < -0.3 is 16.2 Å². The summed E-state index contributed by atoms with van der Waals surface area (Å²) in [5.74, 6) is -0.0604. The Bertz CT molecular complexity index is 648. The molecule has 21 heavy (non-hydrogen) atoms. The maximum Gasteiger partial charge on any atom is 0.332 e. The van der Waals surface area contributed by atoms with E-state index in [0.717, 1.165) is 0 Å². The molecule has 0 saturated heterocycles. The lowest BCUT2D eigenvalue weighted by Crippen LogP contribution is -2.15. The fourth-order valence-corrected chi connectivity index (χ4v) is 1.92. The van der Waals surface area contributed by atoms with E-state index in [4.69, 9.17) is 5.73 Å². The first-order valence-electron chi connectivity index (χ1n) is 6.24. The van der Waals surface area contributed by atoms with Gasteiger partial charge in [-0.3, -0.25) is 10.1 Å². The number of aliphatic hydroxyl groups is 1. The molecule has 0 saturated carbocycles. The van der Waals surface area contributed by atoms with E-state index in [2.05, 4.69) is 15.3 Å². The molecule has 0 spiro atoms. The third-order valence-electron chi connectivity index (χ3n) is 2.91. The highest BCUT2D eigenvalue weighted by Crippen LogP contribution is 2.26. The van der Waals surface area contributed by atoms with Gasteiger partial charge in [0, 0.05) is 6.54 Å². The number of aliphatic hydroxyl groups excluding tert-OH is 1. The number of hydrogen-bond acceptors (Lipinski definition) is 7. The molecule has 2 rings (SSSR count). The van der Waals surface area contributed by atoms with Gasteiger partial charge in [0.2, 0.25) is 11.8 Å². The molecule has 1 heterocycles. The standard InChI is InChI=1S/C13H15N5O3/c1-8-11(18(20)21)12(17-13(14)16-8)15-7-10(19)9-5-3-2-4-6-9/h2-6,10,19H,7H2,1H3,(H3,14,15,16,17). The van der Waals surface area contributed by atoms with E-state index >= 15 is 0 Å². The molecular formula is C13H15N5O3. The summed E-state index contributed by atoms with van der Waals surface area (Å²) in [5.41, 5.74) is 6.12. The fraction of sp³-hybridized carbons (Fsp3) is 0.231. The number of nitrogens with one attached hydrogen (secondary N) is 1. The van der Waals surface area contributed by atoms with Gasteiger partial charge in [0.15, 0.2) is 0 Å². The fourth-order valence-electron chi connectivity index (χ4n) is 1.92. The van der Waals surface area contributed by atoms with Gasteiger partial charge in [0.1, 0.15) is 5.69 Å². The average Bonchev–Trinajstić information content (AvgIpc) is 2.44. The summed E-state index contributed by atoms with van der Waals surface area (Å²) in [7, 11) is 0. The third kappa shape index (κ3) is 3.42. The van der Waals surface area contributed by atoms with Gasteiger partial charge >= 0.3 is 5.69 Å². The second-order valence-corrected chi connectivity index (χ2v) is 4.43. The number of nitrogens with two attached hydrogens (primary N) is 1. The van der Waals surface area contributed by atoms with Crippen molar-refractivity contribution in [1.82, 2.24) is 9.97 Å². The van der Waals surface area contributed by atoms with Crippen molar-refractivity contribution in [2.24, 2.45) is 0 Å². The van der Waals surface area contributed by atoms with Gasteiger partial charge in [-0.15, -0.1) is 0 Å². The van der Waals surface area contributed by atoms with Crippen LogP contribution in [0.3, 0.4) is 0 Å². The van der Waals surface area contributed by atoms with Crippen LogP contribution >= 0.6 is 0 Å². The molecule has 0 aliphatic rings. The quantitative estimate of drug-likeness (QED) is 0.561.